The zero-order valence-corrected chi connectivity index (χ0v) is 20.1. The summed E-state index contributed by atoms with van der Waals surface area (Å²) in [6, 6.07) is 15.0. The predicted molar refractivity (Wildman–Crippen MR) is 132 cm³/mol. The van der Waals surface area contributed by atoms with Gasteiger partial charge in [-0.2, -0.15) is 0 Å². The summed E-state index contributed by atoms with van der Waals surface area (Å²) in [7, 11) is 2.68. The molecule has 1 saturated heterocycles. The highest BCUT2D eigenvalue weighted by Gasteiger charge is 2.53. The Morgan fingerprint density at radius 1 is 1.21 bits per heavy atom. The monoisotopic (exact) mass is 499 g/mol. The first-order chi connectivity index (χ1) is 15.8. The number of amides is 2. The number of hydrogen-bond donors (Lipinski definition) is 2. The van der Waals surface area contributed by atoms with Crippen LogP contribution < -0.4 is 5.32 Å². The van der Waals surface area contributed by atoms with Gasteiger partial charge in [0, 0.05) is 0 Å². The molecule has 0 aliphatic carbocycles. The number of aliphatic carboxylic acids is 1. The van der Waals surface area contributed by atoms with Crippen LogP contribution in [0.1, 0.15) is 12.5 Å². The normalized spacial score (nSPS) is 18.6. The molecule has 4 rings (SSSR count). The van der Waals surface area contributed by atoms with E-state index in [4.69, 9.17) is 0 Å². The topological polar surface area (TPSA) is 99.6 Å². The Balaban J connectivity index is 1.51. The van der Waals surface area contributed by atoms with Crippen LogP contribution in [-0.4, -0.2) is 50.2 Å². The van der Waals surface area contributed by atoms with Crippen molar-refractivity contribution >= 4 is 60.9 Å². The maximum absolute atomic E-state index is 12.9. The summed E-state index contributed by atoms with van der Waals surface area (Å²) in [6.45, 7) is 5.33. The summed E-state index contributed by atoms with van der Waals surface area (Å²) in [4.78, 5) is 43.3. The molecule has 0 saturated carbocycles. The minimum Gasteiger partial charge on any atom is -0.479 e. The number of β-lactam (4-membered cyclic amide) rings is 1. The lowest BCUT2D eigenvalue weighted by atomic mass is 9.99. The fourth-order valence-corrected chi connectivity index (χ4v) is 7.50. The number of rotatable bonds is 9. The molecule has 0 spiro atoms. The third kappa shape index (κ3) is 5.07. The average Bonchev–Trinajstić information content (AvgIpc) is 3.20. The Morgan fingerprint density at radius 2 is 1.91 bits per heavy atom. The van der Waals surface area contributed by atoms with E-state index in [1.165, 1.54) is 37.8 Å². The highest BCUT2D eigenvalue weighted by molar-refractivity contribution is 8.77. The fraction of sp³-hybridized carbons (Fsp3) is 0.217. The molecule has 2 aromatic carbocycles. The van der Waals surface area contributed by atoms with Crippen molar-refractivity contribution in [2.45, 2.75) is 35.1 Å². The number of thiazole rings is 1. The number of carbonyl (C=O) groups is 3. The van der Waals surface area contributed by atoms with E-state index in [2.05, 4.69) is 16.9 Å². The van der Waals surface area contributed by atoms with Gasteiger partial charge >= 0.3 is 5.97 Å². The van der Waals surface area contributed by atoms with Crippen LogP contribution in [-0.2, 0) is 20.8 Å². The van der Waals surface area contributed by atoms with Crippen LogP contribution in [0.15, 0.2) is 71.1 Å². The van der Waals surface area contributed by atoms with Crippen LogP contribution >= 0.6 is 32.9 Å². The third-order valence-corrected chi connectivity index (χ3v) is 9.10. The number of hydrogen-bond acceptors (Lipinski definition) is 7. The molecular weight excluding hydrogens is 478 g/mol. The molecule has 3 unspecified atom stereocenters. The molecule has 1 aliphatic heterocycles. The molecule has 33 heavy (non-hydrogen) atoms. The van der Waals surface area contributed by atoms with Crippen LogP contribution in [0.3, 0.4) is 0 Å². The zero-order chi connectivity index (χ0) is 23.5. The number of nitrogens with zero attached hydrogens (tertiary/aromatic N) is 2. The van der Waals surface area contributed by atoms with Gasteiger partial charge in [-0.3, -0.25) is 9.59 Å². The molecule has 2 amide bonds. The van der Waals surface area contributed by atoms with Crippen molar-refractivity contribution in [3.05, 3.63) is 72.3 Å². The van der Waals surface area contributed by atoms with Crippen LogP contribution in [0.4, 0.5) is 0 Å². The van der Waals surface area contributed by atoms with E-state index in [9.17, 15) is 19.5 Å². The summed E-state index contributed by atoms with van der Waals surface area (Å²) in [6.07, 6.45) is 0.135. The molecule has 2 N–H and O–H groups in total. The Morgan fingerprint density at radius 3 is 2.58 bits per heavy atom. The van der Waals surface area contributed by atoms with Crippen molar-refractivity contribution in [3.8, 4) is 0 Å². The minimum absolute atomic E-state index is 0.135. The Labute approximate surface area is 202 Å². The highest BCUT2D eigenvalue weighted by Crippen LogP contribution is 2.45. The molecule has 170 valence electrons. The van der Waals surface area contributed by atoms with E-state index in [0.29, 0.717) is 5.57 Å². The van der Waals surface area contributed by atoms with Crippen LogP contribution in [0.2, 0.25) is 0 Å². The largest absolute Gasteiger partial charge is 0.479 e. The number of carboxylic acid groups (broad SMARTS) is 1. The molecule has 1 aromatic heterocycles. The van der Waals surface area contributed by atoms with E-state index in [1.54, 1.807) is 6.92 Å². The maximum Gasteiger partial charge on any atom is 0.330 e. The highest BCUT2D eigenvalue weighted by atomic mass is 33.1. The lowest BCUT2D eigenvalue weighted by Crippen LogP contribution is -2.72. The summed E-state index contributed by atoms with van der Waals surface area (Å²) in [5.74, 6) is -1.88. The lowest BCUT2D eigenvalue weighted by Gasteiger charge is -2.48. The number of nitrogens with one attached hydrogen (secondary N) is 1. The number of likely N-dealkylation sites (tertiary alicyclic amines) is 1. The fourth-order valence-electron chi connectivity index (χ4n) is 3.55. The van der Waals surface area contributed by atoms with E-state index < -0.39 is 29.3 Å². The summed E-state index contributed by atoms with van der Waals surface area (Å²) in [5.41, 5.74) is 2.06. The van der Waals surface area contributed by atoms with Gasteiger partial charge in [0.2, 0.25) is 11.8 Å². The van der Waals surface area contributed by atoms with E-state index in [0.717, 1.165) is 20.1 Å². The second kappa shape index (κ2) is 9.98. The van der Waals surface area contributed by atoms with Crippen LogP contribution in [0, 0.1) is 0 Å². The zero-order valence-electron chi connectivity index (χ0n) is 17.6. The second-order valence-corrected chi connectivity index (χ2v) is 11.2. The smallest absolute Gasteiger partial charge is 0.330 e. The molecule has 3 atom stereocenters. The standard InChI is InChI=1S/C23H21N3O4S3/c1-13(2)19(22(29)30)26-20(28)18(25-17(27)12-14-8-4-3-5-9-14)21(26)32-33-23-24-15-10-6-7-11-16(15)31-23/h3-11,18-19,21H,1,12H2,2H3,(H,25,27)(H,29,30). The first-order valence-electron chi connectivity index (χ1n) is 10.1. The van der Waals surface area contributed by atoms with Gasteiger partial charge in [-0.05, 0) is 41.0 Å². The van der Waals surface area contributed by atoms with Crippen molar-refractivity contribution in [1.29, 1.82) is 0 Å². The Hall–Kier alpha value is -2.82. The quantitative estimate of drug-likeness (QED) is 0.261. The maximum atomic E-state index is 12.9. The van der Waals surface area contributed by atoms with Crippen LogP contribution in [0.5, 0.6) is 0 Å². The van der Waals surface area contributed by atoms with E-state index in [1.807, 2.05) is 54.6 Å². The van der Waals surface area contributed by atoms with Crippen molar-refractivity contribution in [3.63, 3.8) is 0 Å². The first-order valence-corrected chi connectivity index (χ1v) is 13.1. The Bertz CT molecular complexity index is 1170. The van der Waals surface area contributed by atoms with Gasteiger partial charge in [0.05, 0.1) is 16.6 Å². The minimum atomic E-state index is -1.16. The molecule has 3 aromatic rings. The SMILES string of the molecule is C=C(C)C(C(=O)O)N1C(=O)C(NC(=O)Cc2ccccc2)C1SSc1nc2ccccc2s1. The molecular formula is C23H21N3O4S3. The average molecular weight is 500 g/mol. The second-order valence-electron chi connectivity index (χ2n) is 7.56. The number of para-hydroxylation sites is 1. The summed E-state index contributed by atoms with van der Waals surface area (Å²) in [5, 5.41) is 11.9. The van der Waals surface area contributed by atoms with Gasteiger partial charge < -0.3 is 15.3 Å². The molecule has 2 heterocycles. The lowest BCUT2D eigenvalue weighted by molar-refractivity contribution is -0.159. The van der Waals surface area contributed by atoms with Crippen molar-refractivity contribution in [1.82, 2.24) is 15.2 Å². The van der Waals surface area contributed by atoms with E-state index >= 15 is 0 Å². The van der Waals surface area contributed by atoms with Gasteiger partial charge in [-0.15, -0.1) is 11.3 Å². The molecule has 0 bridgehead atoms. The third-order valence-electron chi connectivity index (χ3n) is 5.07. The van der Waals surface area contributed by atoms with Crippen molar-refractivity contribution in [2.75, 3.05) is 0 Å². The first kappa shape index (κ1) is 23.3. The number of carbonyl (C=O) groups excluding carboxylic acids is 2. The van der Waals surface area contributed by atoms with Gasteiger partial charge in [-0.25, -0.2) is 9.78 Å². The van der Waals surface area contributed by atoms with Crippen LogP contribution in [0.25, 0.3) is 10.2 Å². The number of benzene rings is 2. The number of fused-ring (bicyclic) bond motifs is 1. The molecule has 7 nitrogen and oxygen atoms in total. The van der Waals surface area contributed by atoms with Gasteiger partial charge in [0.25, 0.3) is 0 Å². The van der Waals surface area contributed by atoms with Gasteiger partial charge in [0.15, 0.2) is 10.4 Å². The summed E-state index contributed by atoms with van der Waals surface area (Å²) < 4.78 is 1.83. The number of aromatic nitrogens is 1. The van der Waals surface area contributed by atoms with Gasteiger partial charge in [0.1, 0.15) is 11.4 Å². The van der Waals surface area contributed by atoms with E-state index in [-0.39, 0.29) is 12.3 Å². The van der Waals surface area contributed by atoms with Crippen molar-refractivity contribution in [2.24, 2.45) is 0 Å². The van der Waals surface area contributed by atoms with Gasteiger partial charge in [-0.1, -0.05) is 59.8 Å². The molecule has 0 radical (unpaired) electrons. The molecule has 1 aliphatic rings. The summed E-state index contributed by atoms with van der Waals surface area (Å²) >= 11 is 1.52. The molecule has 10 heteroatoms. The predicted octanol–water partition coefficient (Wildman–Crippen LogP) is 3.96. The number of carboxylic acids is 1. The molecule has 1 fully saturated rings. The van der Waals surface area contributed by atoms with Crippen molar-refractivity contribution < 1.29 is 19.5 Å². The Kier molecular flexibility index (Phi) is 7.06.